The summed E-state index contributed by atoms with van der Waals surface area (Å²) in [6.45, 7) is 0.234. The largest absolute Gasteiger partial charge is 0.543 e. The Morgan fingerprint density at radius 3 is 2.92 bits per heavy atom. The molecule has 0 spiro atoms. The first-order chi connectivity index (χ1) is 18.4. The molecule has 2 atom stereocenters. The molecule has 38 heavy (non-hydrogen) atoms. The van der Waals surface area contributed by atoms with Gasteiger partial charge in [-0.3, -0.25) is 14.5 Å². The maximum Gasteiger partial charge on any atom is 0.307 e. The molecule has 1 saturated carbocycles. The van der Waals surface area contributed by atoms with Gasteiger partial charge in [0.1, 0.15) is 30.3 Å². The number of carbonyl (C=O) groups is 3. The second kappa shape index (κ2) is 9.68. The number of aromatic nitrogens is 5. The summed E-state index contributed by atoms with van der Waals surface area (Å²) in [7, 11) is 0. The first-order valence-corrected chi connectivity index (χ1v) is 13.6. The molecule has 2 amide bonds. The molecular weight excluding hydrogens is 534 g/mol. The molecule has 3 aromatic rings. The number of carboxylic acid groups (broad SMARTS) is 1. The number of anilines is 1. The Morgan fingerprint density at radius 1 is 1.37 bits per heavy atom. The maximum absolute atomic E-state index is 13.1. The number of oxime groups is 1. The average Bonchev–Trinajstić information content (AvgIpc) is 3.49. The van der Waals surface area contributed by atoms with Crippen molar-refractivity contribution < 1.29 is 28.9 Å². The van der Waals surface area contributed by atoms with Gasteiger partial charge in [0.05, 0.1) is 17.9 Å². The van der Waals surface area contributed by atoms with E-state index in [9.17, 15) is 19.5 Å². The first kappa shape index (κ1) is 24.3. The van der Waals surface area contributed by atoms with E-state index in [0.29, 0.717) is 11.3 Å². The number of nitrogen functional groups attached to an aromatic ring is 1. The van der Waals surface area contributed by atoms with Gasteiger partial charge in [-0.25, -0.2) is 4.57 Å². The third-order valence-corrected chi connectivity index (χ3v) is 8.42. The summed E-state index contributed by atoms with van der Waals surface area (Å²) in [5, 5.41) is 22.5. The van der Waals surface area contributed by atoms with Gasteiger partial charge in [-0.2, -0.15) is 9.36 Å². The molecule has 5 heterocycles. The predicted octanol–water partition coefficient (Wildman–Crippen LogP) is -1.57. The van der Waals surface area contributed by atoms with E-state index in [4.69, 9.17) is 10.6 Å². The van der Waals surface area contributed by atoms with Crippen LogP contribution >= 0.6 is 23.3 Å². The minimum absolute atomic E-state index is 0.00633. The third kappa shape index (κ3) is 4.24. The molecule has 2 fully saturated rings. The predicted molar refractivity (Wildman–Crippen MR) is 132 cm³/mol. The molecule has 3 N–H and O–H groups in total. The van der Waals surface area contributed by atoms with Crippen molar-refractivity contribution in [3.8, 4) is 0 Å². The number of nitrogens with zero attached hydrogens (tertiary/aromatic N) is 7. The number of nitrogens with one attached hydrogen (secondary N) is 1. The Labute approximate surface area is 223 Å². The van der Waals surface area contributed by atoms with Crippen LogP contribution in [0.1, 0.15) is 25.1 Å². The van der Waals surface area contributed by atoms with Gasteiger partial charge in [0, 0.05) is 28.9 Å². The fourth-order valence-corrected chi connectivity index (χ4v) is 6.17. The van der Waals surface area contributed by atoms with Crippen LogP contribution in [-0.4, -0.2) is 70.6 Å². The number of carbonyl (C=O) groups excluding carboxylic acids is 3. The van der Waals surface area contributed by atoms with E-state index in [2.05, 4.69) is 24.9 Å². The number of amides is 2. The van der Waals surface area contributed by atoms with Crippen LogP contribution in [0, 0.1) is 0 Å². The standard InChI is InChI=1S/C22H21N9O5S2/c23-22-26-17(28-38-22)14(27-36-12-3-1-4-12)18(32)25-15-19(33)31-16(21(34)35)11(10-37-20(15)31)9-29-7-8-30-13(29)5-2-6-24-30/h2,5-8,12,15,20H,1,3-4,9-10H2,(H3-,23,25,26,28,32,34,35)/b27-14-/t15-,20-/m1/s1. The average molecular weight is 556 g/mol. The van der Waals surface area contributed by atoms with Gasteiger partial charge in [0.15, 0.2) is 11.3 Å². The van der Waals surface area contributed by atoms with Crippen LogP contribution in [0.4, 0.5) is 5.13 Å². The lowest BCUT2D eigenvalue weighted by Gasteiger charge is -2.50. The van der Waals surface area contributed by atoms with E-state index in [-0.39, 0.29) is 35.0 Å². The summed E-state index contributed by atoms with van der Waals surface area (Å²) in [6.07, 6.45) is 7.76. The maximum atomic E-state index is 13.1. The number of aliphatic carboxylic acids is 1. The Hall–Kier alpha value is -4.05. The molecule has 3 aliphatic rings. The van der Waals surface area contributed by atoms with Crippen LogP contribution in [0.2, 0.25) is 0 Å². The molecule has 1 saturated heterocycles. The molecule has 14 nitrogen and oxygen atoms in total. The van der Waals surface area contributed by atoms with Crippen molar-refractivity contribution in [3.05, 3.63) is 47.8 Å². The van der Waals surface area contributed by atoms with Gasteiger partial charge >= 0.3 is 5.65 Å². The fourth-order valence-electron chi connectivity index (χ4n) is 4.40. The van der Waals surface area contributed by atoms with Crippen LogP contribution in [0.3, 0.4) is 0 Å². The van der Waals surface area contributed by atoms with E-state index >= 15 is 0 Å². The highest BCUT2D eigenvalue weighted by Gasteiger charge is 2.53. The van der Waals surface area contributed by atoms with Crippen molar-refractivity contribution >= 4 is 57.6 Å². The van der Waals surface area contributed by atoms with E-state index in [1.54, 1.807) is 29.2 Å². The highest BCUT2D eigenvalue weighted by atomic mass is 32.2. The van der Waals surface area contributed by atoms with Gasteiger partial charge in [-0.15, -0.1) is 16.3 Å². The number of nitrogens with two attached hydrogens (primary N) is 1. The molecule has 6 rings (SSSR count). The van der Waals surface area contributed by atoms with Crippen molar-refractivity contribution in [2.24, 2.45) is 5.16 Å². The third-order valence-electron chi connectivity index (χ3n) is 6.54. The summed E-state index contributed by atoms with van der Waals surface area (Å²) >= 11 is 2.25. The van der Waals surface area contributed by atoms with Gasteiger partial charge in [-0.05, 0) is 25.3 Å². The molecule has 0 radical (unpaired) electrons. The Morgan fingerprint density at radius 2 is 2.21 bits per heavy atom. The number of β-lactam (4-membered cyclic amide) rings is 1. The van der Waals surface area contributed by atoms with Crippen LogP contribution in [-0.2, 0) is 25.8 Å². The number of hydrogen-bond donors (Lipinski definition) is 2. The lowest BCUT2D eigenvalue weighted by Crippen LogP contribution is -2.71. The van der Waals surface area contributed by atoms with Crippen LogP contribution in [0.25, 0.3) is 5.65 Å². The minimum atomic E-state index is -1.45. The molecule has 2 aliphatic heterocycles. The van der Waals surface area contributed by atoms with Crippen LogP contribution < -0.4 is 20.7 Å². The number of imidazole rings is 1. The van der Waals surface area contributed by atoms with Gasteiger partial charge in [0.2, 0.25) is 11.5 Å². The molecular formula is C22H21N9O5S2. The summed E-state index contributed by atoms with van der Waals surface area (Å²) in [6, 6.07) is 2.66. The van der Waals surface area contributed by atoms with E-state index in [1.165, 1.54) is 16.7 Å². The quantitative estimate of drug-likeness (QED) is 0.142. The van der Waals surface area contributed by atoms with Gasteiger partial charge in [0.25, 0.3) is 11.8 Å². The summed E-state index contributed by atoms with van der Waals surface area (Å²) in [5.74, 6) is -2.42. The summed E-state index contributed by atoms with van der Waals surface area (Å²) in [5.41, 5.74) is 6.57. The van der Waals surface area contributed by atoms with E-state index in [0.717, 1.165) is 36.4 Å². The van der Waals surface area contributed by atoms with Crippen molar-refractivity contribution in [2.45, 2.75) is 43.3 Å². The highest BCUT2D eigenvalue weighted by molar-refractivity contribution is 8.00. The molecule has 0 aromatic carbocycles. The van der Waals surface area contributed by atoms with Crippen molar-refractivity contribution in [1.29, 1.82) is 0 Å². The second-order valence-electron chi connectivity index (χ2n) is 8.91. The second-order valence-corrected chi connectivity index (χ2v) is 10.8. The Kier molecular flexibility index (Phi) is 6.19. The zero-order valence-corrected chi connectivity index (χ0v) is 21.4. The first-order valence-electron chi connectivity index (χ1n) is 11.7. The van der Waals surface area contributed by atoms with Crippen molar-refractivity contribution in [2.75, 3.05) is 11.5 Å². The lowest BCUT2D eigenvalue weighted by atomic mass is 9.97. The molecule has 196 valence electrons. The summed E-state index contributed by atoms with van der Waals surface area (Å²) in [4.78, 5) is 49.0. The molecule has 3 aromatic heterocycles. The highest BCUT2D eigenvalue weighted by Crippen LogP contribution is 2.40. The van der Waals surface area contributed by atoms with Crippen molar-refractivity contribution in [1.82, 2.24) is 29.2 Å². The van der Waals surface area contributed by atoms with Gasteiger partial charge in [-0.1, -0.05) is 10.3 Å². The minimum Gasteiger partial charge on any atom is -0.543 e. The zero-order chi connectivity index (χ0) is 26.4. The van der Waals surface area contributed by atoms with Crippen LogP contribution in [0.5, 0.6) is 0 Å². The van der Waals surface area contributed by atoms with E-state index in [1.807, 2.05) is 10.6 Å². The number of carboxylic acids is 1. The van der Waals surface area contributed by atoms with Crippen LogP contribution in [0.15, 0.2) is 47.1 Å². The van der Waals surface area contributed by atoms with E-state index < -0.39 is 29.2 Å². The Balaban J connectivity index is 1.21. The lowest BCUT2D eigenvalue weighted by molar-refractivity contribution is -0.662. The SMILES string of the molecule is Nc1nc(/C(=N/OC2CCC2)C(=O)N[C@@H]2C(=O)N3C(C(=O)[O-])=C(C[n+]4ccn5ncccc54)CS[C@H]23)ns1. The summed E-state index contributed by atoms with van der Waals surface area (Å²) < 4.78 is 7.55. The molecule has 1 aliphatic carbocycles. The normalized spacial score (nSPS) is 21.6. The fraction of sp³-hybridized carbons (Fsp3) is 0.364. The molecule has 16 heteroatoms. The topological polar surface area (TPSA) is 184 Å². The number of fused-ring (bicyclic) bond motifs is 2. The Bertz CT molecular complexity index is 1510. The molecule has 0 unspecified atom stereocenters. The van der Waals surface area contributed by atoms with Crippen molar-refractivity contribution in [3.63, 3.8) is 0 Å². The number of hydrogen-bond acceptors (Lipinski definition) is 12. The van der Waals surface area contributed by atoms with Gasteiger partial charge < -0.3 is 25.8 Å². The number of rotatable bonds is 8. The molecule has 0 bridgehead atoms. The monoisotopic (exact) mass is 555 g/mol. The smallest absolute Gasteiger partial charge is 0.307 e. The zero-order valence-electron chi connectivity index (χ0n) is 19.7. The number of thioether (sulfide) groups is 1.